The van der Waals surface area contributed by atoms with Crippen LogP contribution in [0.4, 0.5) is 17.1 Å². The first-order chi connectivity index (χ1) is 20.6. The molecule has 0 spiro atoms. The largest absolute Gasteiger partial charge is 0.451 e. The van der Waals surface area contributed by atoms with Gasteiger partial charge in [-0.25, -0.2) is 8.42 Å². The Bertz CT molecular complexity index is 2040. The second-order valence-corrected chi connectivity index (χ2v) is 22.1. The van der Waals surface area contributed by atoms with Gasteiger partial charge in [-0.3, -0.25) is 0 Å². The van der Waals surface area contributed by atoms with E-state index in [1.54, 1.807) is 18.2 Å². The number of hydrogen-bond donors (Lipinski definition) is 2. The van der Waals surface area contributed by atoms with E-state index in [9.17, 15) is 13.0 Å². The van der Waals surface area contributed by atoms with Gasteiger partial charge in [0.15, 0.2) is 19.4 Å². The lowest BCUT2D eigenvalue weighted by molar-refractivity contribution is 0.404. The van der Waals surface area contributed by atoms with Crippen LogP contribution in [0, 0.1) is 0 Å². The maximum Gasteiger partial charge on any atom is 0.241 e. The number of hydrogen-bond acceptors (Lipinski definition) is 9. The minimum Gasteiger partial charge on any atom is -0.451 e. The molecule has 2 aromatic heterocycles. The monoisotopic (exact) mass is 672 g/mol. The predicted octanol–water partition coefficient (Wildman–Crippen LogP) is 7.50. The zero-order valence-electron chi connectivity index (χ0n) is 26.1. The highest BCUT2D eigenvalue weighted by Crippen LogP contribution is 2.60. The molecule has 2 aromatic carbocycles. The molecule has 0 aliphatic carbocycles. The minimum atomic E-state index is -4.06. The van der Waals surface area contributed by atoms with Gasteiger partial charge in [-0.2, -0.15) is 0 Å². The van der Waals surface area contributed by atoms with Crippen molar-refractivity contribution < 1.29 is 26.4 Å². The van der Waals surface area contributed by atoms with Crippen LogP contribution in [-0.2, 0) is 19.0 Å². The topological polar surface area (TPSA) is 133 Å². The zero-order valence-corrected chi connectivity index (χ0v) is 29.5. The number of fused-ring (bicyclic) bond motifs is 4. The summed E-state index contributed by atoms with van der Waals surface area (Å²) in [7, 11) is -10.7. The highest BCUT2D eigenvalue weighted by atomic mass is 32.2. The summed E-state index contributed by atoms with van der Waals surface area (Å²) in [6, 6.07) is 12.1. The maximum atomic E-state index is 15.1. The first kappa shape index (κ1) is 31.3. The van der Waals surface area contributed by atoms with Crippen LogP contribution >= 0.6 is 26.0 Å². The quantitative estimate of drug-likeness (QED) is 0.200. The van der Waals surface area contributed by atoms with Crippen molar-refractivity contribution in [1.82, 2.24) is 0 Å². The number of sulfone groups is 1. The molecule has 4 heterocycles. The molecule has 0 saturated heterocycles. The highest BCUT2D eigenvalue weighted by molar-refractivity contribution is 8.02. The average molecular weight is 673 g/mol. The molecule has 0 amide bonds. The number of nitrogen functional groups attached to an aromatic ring is 1. The predicted molar refractivity (Wildman–Crippen MR) is 180 cm³/mol. The molecule has 8 nitrogen and oxygen atoms in total. The van der Waals surface area contributed by atoms with Gasteiger partial charge >= 0.3 is 0 Å². The molecule has 0 saturated carbocycles. The fourth-order valence-corrected chi connectivity index (χ4v) is 16.7. The van der Waals surface area contributed by atoms with Gasteiger partial charge in [-0.1, -0.05) is 79.3 Å². The van der Waals surface area contributed by atoms with Crippen molar-refractivity contribution >= 4 is 74.2 Å². The fourth-order valence-electron chi connectivity index (χ4n) is 6.24. The second-order valence-electron chi connectivity index (χ2n) is 12.7. The first-order valence-electron chi connectivity index (χ1n) is 14.8. The number of nitrogens with two attached hydrogens (primary N) is 1. The molecule has 12 heteroatoms. The molecule has 4 aromatic rings. The third kappa shape index (κ3) is 4.21. The third-order valence-electron chi connectivity index (χ3n) is 8.51. The Labute approximate surface area is 263 Å². The van der Waals surface area contributed by atoms with Crippen LogP contribution in [0.1, 0.15) is 78.7 Å². The Kier molecular flexibility index (Phi) is 7.44. The van der Waals surface area contributed by atoms with Crippen LogP contribution < -0.4 is 32.3 Å². The van der Waals surface area contributed by atoms with E-state index in [1.165, 1.54) is 17.8 Å². The molecule has 0 bridgehead atoms. The second kappa shape index (κ2) is 10.4. The van der Waals surface area contributed by atoms with Crippen molar-refractivity contribution in [3.8, 4) is 0 Å². The van der Waals surface area contributed by atoms with Crippen LogP contribution in [0.3, 0.4) is 0 Å². The smallest absolute Gasteiger partial charge is 0.241 e. The molecule has 0 fully saturated rings. The van der Waals surface area contributed by atoms with Gasteiger partial charge in [-0.05, 0) is 30.3 Å². The Morgan fingerprint density at radius 3 is 2.02 bits per heavy atom. The van der Waals surface area contributed by atoms with Crippen molar-refractivity contribution in [2.75, 3.05) is 11.1 Å². The summed E-state index contributed by atoms with van der Waals surface area (Å²) < 4.78 is 70.1. The van der Waals surface area contributed by atoms with E-state index < -0.39 is 24.1 Å². The molecule has 0 radical (unpaired) electrons. The number of benzene rings is 2. The number of rotatable bonds is 6. The van der Waals surface area contributed by atoms with Crippen LogP contribution in [0.2, 0.25) is 0 Å². The molecular formula is C32H38N2O6P2S2. The Hall–Kier alpha value is -2.64. The third-order valence-corrected chi connectivity index (χ3v) is 19.2. The van der Waals surface area contributed by atoms with Gasteiger partial charge < -0.3 is 29.0 Å². The van der Waals surface area contributed by atoms with Crippen molar-refractivity contribution in [2.24, 2.45) is 0 Å². The molecule has 2 aliphatic heterocycles. The summed E-state index contributed by atoms with van der Waals surface area (Å²) >= 11 is 1.38. The van der Waals surface area contributed by atoms with Gasteiger partial charge in [0.1, 0.15) is 11.5 Å². The molecule has 44 heavy (non-hydrogen) atoms. The van der Waals surface area contributed by atoms with E-state index in [4.69, 9.17) is 14.6 Å². The Morgan fingerprint density at radius 1 is 0.795 bits per heavy atom. The van der Waals surface area contributed by atoms with Gasteiger partial charge in [0.05, 0.1) is 26.9 Å². The van der Waals surface area contributed by atoms with E-state index in [-0.39, 0.29) is 38.4 Å². The lowest BCUT2D eigenvalue weighted by Crippen LogP contribution is -2.34. The van der Waals surface area contributed by atoms with Crippen molar-refractivity contribution in [1.29, 1.82) is 0 Å². The van der Waals surface area contributed by atoms with Crippen LogP contribution in [-0.4, -0.2) is 19.7 Å². The zero-order chi connectivity index (χ0) is 32.1. The molecular weight excluding hydrogens is 634 g/mol. The van der Waals surface area contributed by atoms with Crippen molar-refractivity contribution in [2.45, 2.75) is 98.5 Å². The molecule has 2 atom stereocenters. The molecule has 3 N–H and O–H groups in total. The molecule has 2 unspecified atom stereocenters. The molecule has 2 aliphatic rings. The maximum absolute atomic E-state index is 15.1. The van der Waals surface area contributed by atoms with E-state index in [1.807, 2.05) is 73.6 Å². The first-order valence-corrected chi connectivity index (χ1v) is 20.6. The van der Waals surface area contributed by atoms with Crippen LogP contribution in [0.5, 0.6) is 0 Å². The Morgan fingerprint density at radius 2 is 1.41 bits per heavy atom. The van der Waals surface area contributed by atoms with E-state index >= 15 is 4.57 Å². The molecule has 6 rings (SSSR count). The minimum absolute atomic E-state index is 0.0296. The number of furan rings is 2. The average Bonchev–Trinajstić information content (AvgIpc) is 3.51. The van der Waals surface area contributed by atoms with E-state index in [2.05, 4.69) is 5.32 Å². The summed E-state index contributed by atoms with van der Waals surface area (Å²) in [6.45, 7) is 15.4. The standard InChI is InChI=1S/C32H38N2O6P2S2/c1-16(2)27-25(33)29-31(39-27)43-23-15-20(13-14-21(23)41(29,35)18(5)6)34-26-28(17(3)4)40-32-30(26)42(36,19(7)8)22-11-9-10-12-24(22)44(32,37)38/h9-19,34H,33H2,1-8H3. The normalized spacial score (nSPS) is 21.8. The summed E-state index contributed by atoms with van der Waals surface area (Å²) in [5.74, 6) is 0.862. The van der Waals surface area contributed by atoms with Crippen LogP contribution in [0.15, 0.2) is 71.3 Å². The van der Waals surface area contributed by atoms with Gasteiger partial charge in [0.25, 0.3) is 0 Å². The summed E-state index contributed by atoms with van der Waals surface area (Å²) in [6.07, 6.45) is 0. The van der Waals surface area contributed by atoms with Gasteiger partial charge in [0, 0.05) is 44.3 Å². The SMILES string of the molecule is CC(C)c1oc2c(c1N)P(=O)(C(C)C)c1ccc(Nc3c(C(C)C)oc4c3P(=O)(C(C)C)c3ccccc3S4(=O)=O)cc1S2. The van der Waals surface area contributed by atoms with E-state index in [0.717, 1.165) is 4.90 Å². The summed E-state index contributed by atoms with van der Waals surface area (Å²) in [5.41, 5.74) is 7.45. The lowest BCUT2D eigenvalue weighted by atomic mass is 10.1. The van der Waals surface area contributed by atoms with Crippen molar-refractivity contribution in [3.05, 3.63) is 54.0 Å². The number of anilines is 3. The van der Waals surface area contributed by atoms with Crippen molar-refractivity contribution in [3.63, 3.8) is 0 Å². The fraction of sp³-hybridized carbons (Fsp3) is 0.375. The summed E-state index contributed by atoms with van der Waals surface area (Å²) in [5, 5.41) is 5.54. The van der Waals surface area contributed by atoms with Crippen LogP contribution in [0.25, 0.3) is 0 Å². The molecule has 234 valence electrons. The Balaban J connectivity index is 1.54. The lowest BCUT2D eigenvalue weighted by Gasteiger charge is -2.30. The van der Waals surface area contributed by atoms with E-state index in [0.29, 0.717) is 49.6 Å². The van der Waals surface area contributed by atoms with Gasteiger partial charge in [-0.15, -0.1) is 0 Å². The van der Waals surface area contributed by atoms with Gasteiger partial charge in [0.2, 0.25) is 14.9 Å². The number of nitrogens with one attached hydrogen (secondary N) is 1. The summed E-state index contributed by atoms with van der Waals surface area (Å²) in [4.78, 5) is 0.793. The highest BCUT2D eigenvalue weighted by Gasteiger charge is 2.51.